The van der Waals surface area contributed by atoms with E-state index in [9.17, 15) is 0 Å². The number of rotatable bonds is 2. The van der Waals surface area contributed by atoms with Crippen molar-refractivity contribution in [2.45, 2.75) is 26.4 Å². The van der Waals surface area contributed by atoms with Crippen LogP contribution in [-0.2, 0) is 6.54 Å². The fraction of sp³-hybridized carbons (Fsp3) is 0.222. The predicted octanol–water partition coefficient (Wildman–Crippen LogP) is 5.01. The average molecular weight is 355 g/mol. The minimum atomic E-state index is 0.234. The van der Waals surface area contributed by atoms with Gasteiger partial charge in [0.1, 0.15) is 5.69 Å². The van der Waals surface area contributed by atoms with Crippen LogP contribution in [0.4, 0.5) is 5.69 Å². The quantitative estimate of drug-likeness (QED) is 0.399. The van der Waals surface area contributed by atoms with Gasteiger partial charge in [-0.3, -0.25) is 0 Å². The molecule has 1 aromatic heterocycles. The fourth-order valence-electron chi connectivity index (χ4n) is 3.18. The molecule has 24 heavy (non-hydrogen) atoms. The first-order valence-corrected chi connectivity index (χ1v) is 9.75. The number of fused-ring (bicyclic) bond motifs is 5. The molecule has 0 aliphatic carbocycles. The fourth-order valence-corrected chi connectivity index (χ4v) is 4.06. The third-order valence-corrected chi connectivity index (χ3v) is 5.41. The van der Waals surface area contributed by atoms with Gasteiger partial charge >= 0.3 is 0 Å². The normalized spacial score (nSPS) is 13.1. The van der Waals surface area contributed by atoms with Crippen LogP contribution in [0.3, 0.4) is 0 Å². The minimum absolute atomic E-state index is 0.234. The first kappa shape index (κ1) is 15.6. The van der Waals surface area contributed by atoms with Crippen LogP contribution < -0.4 is 4.31 Å². The Kier molecular flexibility index (Phi) is 4.02. The van der Waals surface area contributed by atoms with E-state index in [2.05, 4.69) is 88.7 Å². The first-order valence-electron chi connectivity index (χ1n) is 7.92. The van der Waals surface area contributed by atoms with E-state index in [4.69, 9.17) is 0 Å². The topological polar surface area (TPSA) is 34.0 Å². The molecule has 4 rings (SSSR count). The van der Waals surface area contributed by atoms with Crippen molar-refractivity contribution < 1.29 is 0 Å². The summed E-state index contributed by atoms with van der Waals surface area (Å²) in [6, 6.07) is 17.0. The van der Waals surface area contributed by atoms with E-state index >= 15 is 0 Å². The van der Waals surface area contributed by atoms with E-state index in [1.807, 2.05) is 4.68 Å². The summed E-state index contributed by atoms with van der Waals surface area (Å²) in [4.78, 5) is 0. The summed E-state index contributed by atoms with van der Waals surface area (Å²) in [6.07, 6.45) is 0. The monoisotopic (exact) mass is 354 g/mol. The number of nitrogens with zero attached hydrogens (tertiary/aromatic N) is 4. The predicted molar refractivity (Wildman–Crippen MR) is 104 cm³/mol. The van der Waals surface area contributed by atoms with Crippen LogP contribution >= 0.6 is 22.6 Å². The van der Waals surface area contributed by atoms with Crippen LogP contribution in [-0.4, -0.2) is 15.0 Å². The maximum absolute atomic E-state index is 4.54. The second-order valence-corrected chi connectivity index (χ2v) is 7.21. The molecule has 6 heteroatoms. The number of anilines is 1. The summed E-state index contributed by atoms with van der Waals surface area (Å²) >= 11 is 4.49. The molecule has 0 spiro atoms. The van der Waals surface area contributed by atoms with Crippen LogP contribution in [0.5, 0.6) is 0 Å². The Morgan fingerprint density at radius 1 is 1.04 bits per heavy atom. The van der Waals surface area contributed by atoms with Crippen LogP contribution in [0.2, 0.25) is 0 Å². The van der Waals surface area contributed by atoms with Crippen molar-refractivity contribution in [1.82, 2.24) is 15.0 Å². The summed E-state index contributed by atoms with van der Waals surface area (Å²) in [5.41, 5.74) is 6.67. The van der Waals surface area contributed by atoms with Gasteiger partial charge in [0, 0.05) is 28.1 Å². The zero-order valence-corrected chi connectivity index (χ0v) is 15.3. The standard InChI is InChI=1S/C18H18N4S2/c1-12(2)22-18-15-9-5-6-10-16(15)21(24-23)11-13-7-3-4-8-14(13)17(18)19-20-22/h3-10,12,23H,11H2,1-2H3. The van der Waals surface area contributed by atoms with Gasteiger partial charge in [-0.1, -0.05) is 59.3 Å². The van der Waals surface area contributed by atoms with Gasteiger partial charge in [0.05, 0.1) is 17.9 Å². The Morgan fingerprint density at radius 2 is 1.75 bits per heavy atom. The molecule has 0 radical (unpaired) electrons. The zero-order chi connectivity index (χ0) is 16.7. The van der Waals surface area contributed by atoms with E-state index in [0.717, 1.165) is 34.7 Å². The maximum atomic E-state index is 4.54. The molecular weight excluding hydrogens is 336 g/mol. The Bertz CT molecular complexity index is 888. The second-order valence-electron chi connectivity index (χ2n) is 6.12. The SMILES string of the molecule is CC(C)n1nnc2c1-c1ccccc1N(SS)Cc1ccccc1-2. The number of hydrogen-bond donors (Lipinski definition) is 1. The Labute approximate surface area is 150 Å². The minimum Gasteiger partial charge on any atom is -0.302 e. The highest BCUT2D eigenvalue weighted by Crippen LogP contribution is 2.43. The first-order chi connectivity index (χ1) is 11.7. The number of para-hydroxylation sites is 1. The van der Waals surface area contributed by atoms with Crippen molar-refractivity contribution >= 4 is 28.3 Å². The van der Waals surface area contributed by atoms with Crippen molar-refractivity contribution in [1.29, 1.82) is 0 Å². The number of hydrogen-bond acceptors (Lipinski definition) is 5. The molecule has 0 saturated heterocycles. The zero-order valence-electron chi connectivity index (χ0n) is 13.5. The van der Waals surface area contributed by atoms with Gasteiger partial charge in [-0.25, -0.2) is 4.68 Å². The molecule has 0 saturated carbocycles. The Balaban J connectivity index is 2.09. The highest BCUT2D eigenvalue weighted by Gasteiger charge is 2.26. The van der Waals surface area contributed by atoms with Crippen LogP contribution in [0.25, 0.3) is 22.5 Å². The average Bonchev–Trinajstić information content (AvgIpc) is 3.03. The third kappa shape index (κ3) is 2.41. The van der Waals surface area contributed by atoms with Gasteiger partial charge in [0.25, 0.3) is 0 Å². The van der Waals surface area contributed by atoms with E-state index in [-0.39, 0.29) is 6.04 Å². The summed E-state index contributed by atoms with van der Waals surface area (Å²) in [5.74, 6) is 0. The maximum Gasteiger partial charge on any atom is 0.121 e. The van der Waals surface area contributed by atoms with E-state index in [1.54, 1.807) is 0 Å². The van der Waals surface area contributed by atoms with E-state index in [1.165, 1.54) is 16.5 Å². The van der Waals surface area contributed by atoms with Crippen molar-refractivity contribution in [2.75, 3.05) is 4.31 Å². The van der Waals surface area contributed by atoms with Gasteiger partial charge in [-0.05, 0) is 25.5 Å². The highest BCUT2D eigenvalue weighted by atomic mass is 33.1. The number of aromatic nitrogens is 3. The molecule has 0 unspecified atom stereocenters. The molecule has 4 nitrogen and oxygen atoms in total. The molecule has 1 aliphatic heterocycles. The van der Waals surface area contributed by atoms with E-state index in [0.29, 0.717) is 0 Å². The van der Waals surface area contributed by atoms with Gasteiger partial charge in [-0.15, -0.1) is 5.10 Å². The molecule has 122 valence electrons. The molecule has 1 aliphatic rings. The molecule has 0 N–H and O–H groups in total. The molecular formula is C18H18N4S2. The Morgan fingerprint density at radius 3 is 2.50 bits per heavy atom. The van der Waals surface area contributed by atoms with E-state index < -0.39 is 0 Å². The molecule has 2 aromatic carbocycles. The molecule has 3 aromatic rings. The summed E-state index contributed by atoms with van der Waals surface area (Å²) in [7, 11) is 1.44. The highest BCUT2D eigenvalue weighted by molar-refractivity contribution is 8.69. The van der Waals surface area contributed by atoms with Gasteiger partial charge in [0.2, 0.25) is 0 Å². The van der Waals surface area contributed by atoms with Crippen molar-refractivity contribution in [3.05, 3.63) is 54.1 Å². The second kappa shape index (κ2) is 6.18. The molecule has 0 atom stereocenters. The van der Waals surface area contributed by atoms with Crippen molar-refractivity contribution in [3.8, 4) is 22.5 Å². The molecule has 2 heterocycles. The van der Waals surface area contributed by atoms with Crippen molar-refractivity contribution in [2.24, 2.45) is 0 Å². The molecule has 0 amide bonds. The largest absolute Gasteiger partial charge is 0.302 e. The van der Waals surface area contributed by atoms with Gasteiger partial charge in [0.15, 0.2) is 0 Å². The summed E-state index contributed by atoms with van der Waals surface area (Å²) < 4.78 is 4.22. The smallest absolute Gasteiger partial charge is 0.121 e. The third-order valence-electron chi connectivity index (χ3n) is 4.30. The molecule has 0 fully saturated rings. The van der Waals surface area contributed by atoms with Gasteiger partial charge in [-0.2, -0.15) is 0 Å². The van der Waals surface area contributed by atoms with Crippen LogP contribution in [0, 0.1) is 0 Å². The number of benzene rings is 2. The summed E-state index contributed by atoms with van der Waals surface area (Å²) in [6.45, 7) is 5.04. The van der Waals surface area contributed by atoms with Crippen LogP contribution in [0.1, 0.15) is 25.5 Å². The lowest BCUT2D eigenvalue weighted by Crippen LogP contribution is -2.16. The van der Waals surface area contributed by atoms with Crippen molar-refractivity contribution in [3.63, 3.8) is 0 Å². The lowest BCUT2D eigenvalue weighted by molar-refractivity contribution is 0.519. The molecule has 0 bridgehead atoms. The lowest BCUT2D eigenvalue weighted by atomic mass is 9.96. The van der Waals surface area contributed by atoms with Gasteiger partial charge < -0.3 is 4.31 Å². The van der Waals surface area contributed by atoms with Crippen LogP contribution in [0.15, 0.2) is 48.5 Å². The Hall–Kier alpha value is -1.92. The number of thiol groups is 1. The summed E-state index contributed by atoms with van der Waals surface area (Å²) in [5, 5.41) is 8.99. The lowest BCUT2D eigenvalue weighted by Gasteiger charge is -2.27.